The van der Waals surface area contributed by atoms with Crippen molar-refractivity contribution >= 4 is 22.1 Å². The van der Waals surface area contributed by atoms with Gasteiger partial charge in [-0.3, -0.25) is 9.35 Å². The second-order valence-corrected chi connectivity index (χ2v) is 10.8. The molecular weight excluding hydrogens is 495 g/mol. The minimum Gasteiger partial charge on any atom is -0.461 e. The average Bonchev–Trinajstić information content (AvgIpc) is 2.67. The smallest absolute Gasteiger partial charge is 0.461 e. The molecule has 34 heavy (non-hydrogen) atoms. The topological polar surface area (TPSA) is 116 Å². The Morgan fingerprint density at radius 3 is 1.79 bits per heavy atom. The van der Waals surface area contributed by atoms with Gasteiger partial charge in [0.15, 0.2) is 0 Å². The highest BCUT2D eigenvalue weighted by Crippen LogP contribution is 2.44. The monoisotopic (exact) mass is 528 g/mol. The molecule has 14 heteroatoms. The van der Waals surface area contributed by atoms with Gasteiger partial charge < -0.3 is 14.2 Å². The molecule has 8 nitrogen and oxygen atoms in total. The maximum atomic E-state index is 14.1. The van der Waals surface area contributed by atoms with E-state index in [2.05, 4.69) is 14.2 Å². The molecule has 0 heterocycles. The molecule has 0 fully saturated rings. The summed E-state index contributed by atoms with van der Waals surface area (Å²) in [6.45, 7) is 7.90. The first-order valence-corrected chi connectivity index (χ1v) is 11.9. The van der Waals surface area contributed by atoms with Crippen LogP contribution >= 0.6 is 0 Å². The number of carbonyl (C=O) groups excluding carboxylic acids is 2. The van der Waals surface area contributed by atoms with E-state index < -0.39 is 69.2 Å². The van der Waals surface area contributed by atoms with Gasteiger partial charge >= 0.3 is 39.3 Å². The van der Waals surface area contributed by atoms with Gasteiger partial charge in [-0.15, -0.1) is 0 Å². The Balaban J connectivity index is 6.62. The molecule has 0 amide bonds. The number of ether oxygens (including phenoxy) is 3. The number of carbonyl (C=O) groups is 2. The van der Waals surface area contributed by atoms with Gasteiger partial charge in [0.05, 0.1) is 12.5 Å². The lowest BCUT2D eigenvalue weighted by molar-refractivity contribution is -0.362. The minimum absolute atomic E-state index is 0.0150. The van der Waals surface area contributed by atoms with Crippen LogP contribution in [0.2, 0.25) is 0 Å². The van der Waals surface area contributed by atoms with Crippen LogP contribution in [0.5, 0.6) is 0 Å². The molecule has 0 saturated carbocycles. The first-order valence-electron chi connectivity index (χ1n) is 10.5. The van der Waals surface area contributed by atoms with Crippen molar-refractivity contribution in [3.05, 3.63) is 0 Å². The summed E-state index contributed by atoms with van der Waals surface area (Å²) in [4.78, 5) is 25.4. The molecule has 0 aromatic heterocycles. The highest BCUT2D eigenvalue weighted by atomic mass is 32.2. The molecule has 0 saturated heterocycles. The van der Waals surface area contributed by atoms with E-state index in [1.807, 2.05) is 0 Å². The van der Waals surface area contributed by atoms with Crippen LogP contribution in [0.4, 0.5) is 22.0 Å². The summed E-state index contributed by atoms with van der Waals surface area (Å²) in [6, 6.07) is 0. The molecule has 0 aliphatic carbocycles. The van der Waals surface area contributed by atoms with E-state index in [-0.39, 0.29) is 6.42 Å². The van der Waals surface area contributed by atoms with E-state index in [1.54, 1.807) is 41.5 Å². The fourth-order valence-electron chi connectivity index (χ4n) is 2.71. The summed E-state index contributed by atoms with van der Waals surface area (Å²) in [5.41, 5.74) is -1.51. The quantitative estimate of drug-likeness (QED) is 0.158. The van der Waals surface area contributed by atoms with Crippen molar-refractivity contribution in [2.45, 2.75) is 84.9 Å². The Morgan fingerprint density at radius 2 is 1.44 bits per heavy atom. The van der Waals surface area contributed by atoms with Crippen LogP contribution < -0.4 is 0 Å². The fraction of sp³-hybridized carbons (Fsp3) is 0.900. The molecule has 0 aliphatic heterocycles. The molecule has 0 rings (SSSR count). The predicted octanol–water partition coefficient (Wildman–Crippen LogP) is 4.73. The van der Waals surface area contributed by atoms with Crippen molar-refractivity contribution in [2.75, 3.05) is 13.2 Å². The van der Waals surface area contributed by atoms with Crippen molar-refractivity contribution in [1.82, 2.24) is 0 Å². The van der Waals surface area contributed by atoms with Crippen LogP contribution in [0.3, 0.4) is 0 Å². The molecule has 0 aliphatic rings. The van der Waals surface area contributed by atoms with Crippen molar-refractivity contribution in [3.8, 4) is 0 Å². The van der Waals surface area contributed by atoms with Crippen molar-refractivity contribution < 1.29 is 58.7 Å². The SMILES string of the molecule is CCOC(=O)C(OCC(F)(F)S(=O)(=O)O)(OC(=O)C(CC(C)(C)CC)C(C)(C)CC)C(F)(F)F. The van der Waals surface area contributed by atoms with Crippen molar-refractivity contribution in [1.29, 1.82) is 0 Å². The van der Waals surface area contributed by atoms with E-state index in [0.29, 0.717) is 12.8 Å². The Morgan fingerprint density at radius 1 is 0.941 bits per heavy atom. The van der Waals surface area contributed by atoms with E-state index in [4.69, 9.17) is 4.55 Å². The molecule has 0 spiro atoms. The zero-order chi connectivity index (χ0) is 27.4. The lowest BCUT2D eigenvalue weighted by Gasteiger charge is -2.39. The van der Waals surface area contributed by atoms with Crippen molar-refractivity contribution in [3.63, 3.8) is 0 Å². The van der Waals surface area contributed by atoms with Crippen LogP contribution in [0.15, 0.2) is 0 Å². The summed E-state index contributed by atoms with van der Waals surface area (Å²) in [5.74, 6) is -9.90. The minimum atomic E-state index is -6.23. The second-order valence-electron chi connectivity index (χ2n) is 9.27. The molecular formula is C20H33F5O8S. The average molecular weight is 529 g/mol. The van der Waals surface area contributed by atoms with Gasteiger partial charge in [0.1, 0.15) is 6.61 Å². The third-order valence-corrected chi connectivity index (χ3v) is 6.71. The largest absolute Gasteiger partial charge is 0.468 e. The molecule has 0 radical (unpaired) electrons. The van der Waals surface area contributed by atoms with Gasteiger partial charge in [0.25, 0.3) is 0 Å². The molecule has 2 atom stereocenters. The number of alkyl halides is 5. The lowest BCUT2D eigenvalue weighted by Crippen LogP contribution is -2.60. The number of hydrogen-bond donors (Lipinski definition) is 1. The fourth-order valence-corrected chi connectivity index (χ4v) is 2.91. The molecule has 2 unspecified atom stereocenters. The maximum absolute atomic E-state index is 14.1. The molecule has 202 valence electrons. The van der Waals surface area contributed by atoms with Gasteiger partial charge in [-0.25, -0.2) is 4.79 Å². The third kappa shape index (κ3) is 7.74. The molecule has 0 bridgehead atoms. The predicted molar refractivity (Wildman–Crippen MR) is 110 cm³/mol. The standard InChI is InChI=1S/C20H33F5O8S/c1-8-16(4,5)11-13(17(6,7)9-2)14(26)33-19(20(23,24)25,15(27)31-10-3)32-12-18(21,22)34(28,29)30/h13H,8-12H2,1-7H3,(H,28,29,30). The Hall–Kier alpha value is -1.54. The summed E-state index contributed by atoms with van der Waals surface area (Å²) in [7, 11) is -6.23. The number of hydrogen-bond acceptors (Lipinski definition) is 7. The van der Waals surface area contributed by atoms with E-state index in [0.717, 1.165) is 6.92 Å². The van der Waals surface area contributed by atoms with Gasteiger partial charge in [-0.2, -0.15) is 30.4 Å². The van der Waals surface area contributed by atoms with Gasteiger partial charge in [0.2, 0.25) is 0 Å². The normalized spacial score (nSPS) is 16.5. The third-order valence-electron chi connectivity index (χ3n) is 5.84. The Kier molecular flexibility index (Phi) is 10.5. The van der Waals surface area contributed by atoms with Crippen LogP contribution in [0.25, 0.3) is 0 Å². The Labute approximate surface area is 196 Å². The number of esters is 2. The van der Waals surface area contributed by atoms with E-state index in [9.17, 15) is 40.0 Å². The zero-order valence-electron chi connectivity index (χ0n) is 20.2. The van der Waals surface area contributed by atoms with E-state index in [1.165, 1.54) is 0 Å². The van der Waals surface area contributed by atoms with Crippen LogP contribution in [0.1, 0.15) is 67.7 Å². The summed E-state index contributed by atoms with van der Waals surface area (Å²) in [5, 5.41) is -5.26. The molecule has 0 aromatic carbocycles. The van der Waals surface area contributed by atoms with Crippen LogP contribution in [0, 0.1) is 16.7 Å². The second kappa shape index (κ2) is 11.0. The van der Waals surface area contributed by atoms with Crippen LogP contribution in [-0.4, -0.2) is 55.3 Å². The highest BCUT2D eigenvalue weighted by Gasteiger charge is 2.69. The highest BCUT2D eigenvalue weighted by molar-refractivity contribution is 7.86. The van der Waals surface area contributed by atoms with Gasteiger partial charge in [-0.05, 0) is 24.2 Å². The molecule has 0 aromatic rings. The number of rotatable bonds is 13. The zero-order valence-corrected chi connectivity index (χ0v) is 21.0. The summed E-state index contributed by atoms with van der Waals surface area (Å²) >= 11 is 0. The molecule has 1 N–H and O–H groups in total. The van der Waals surface area contributed by atoms with Gasteiger partial charge in [-0.1, -0.05) is 54.4 Å². The van der Waals surface area contributed by atoms with Crippen molar-refractivity contribution in [2.24, 2.45) is 16.7 Å². The first kappa shape index (κ1) is 32.5. The lowest BCUT2D eigenvalue weighted by atomic mass is 9.68. The summed E-state index contributed by atoms with van der Waals surface area (Å²) in [6.07, 6.45) is -5.12. The summed E-state index contributed by atoms with van der Waals surface area (Å²) < 4.78 is 113. The first-order chi connectivity index (χ1) is 15.0. The van der Waals surface area contributed by atoms with E-state index >= 15 is 0 Å². The number of halogens is 5. The maximum Gasteiger partial charge on any atom is 0.468 e. The van der Waals surface area contributed by atoms with Gasteiger partial charge in [0, 0.05) is 0 Å². The van der Waals surface area contributed by atoms with Crippen LogP contribution in [-0.2, 0) is 33.9 Å². The Bertz CT molecular complexity index is 823.